The highest BCUT2D eigenvalue weighted by Crippen LogP contribution is 2.29. The van der Waals surface area contributed by atoms with Crippen LogP contribution >= 0.6 is 0 Å². The lowest BCUT2D eigenvalue weighted by Gasteiger charge is -1.95. The maximum atomic E-state index is 2.24. The molecule has 0 amide bonds. The molecule has 0 nitrogen and oxygen atoms in total. The molecular formula is C15H28. The fraction of sp³-hybridized carbons (Fsp3) is 0.600. The van der Waals surface area contributed by atoms with Crippen LogP contribution in [-0.4, -0.2) is 0 Å². The van der Waals surface area contributed by atoms with Crippen molar-refractivity contribution in [1.82, 2.24) is 0 Å². The summed E-state index contributed by atoms with van der Waals surface area (Å²) < 4.78 is 0. The van der Waals surface area contributed by atoms with Crippen molar-refractivity contribution >= 4 is 0 Å². The van der Waals surface area contributed by atoms with Crippen LogP contribution in [0.2, 0.25) is 0 Å². The molecule has 1 saturated carbocycles. The zero-order valence-corrected chi connectivity index (χ0v) is 11.4. The highest BCUT2D eigenvalue weighted by atomic mass is 14.2. The minimum Gasteiger partial charge on any atom is -0.0877 e. The maximum absolute atomic E-state index is 2.24. The Bertz CT molecular complexity index is 204. The van der Waals surface area contributed by atoms with Gasteiger partial charge in [-0.2, -0.15) is 0 Å². The van der Waals surface area contributed by atoms with Crippen molar-refractivity contribution in [2.45, 2.75) is 60.8 Å². The summed E-state index contributed by atoms with van der Waals surface area (Å²) in [7, 11) is 0. The lowest BCUT2D eigenvalue weighted by molar-refractivity contribution is 0.932. The van der Waals surface area contributed by atoms with Crippen LogP contribution in [0, 0.1) is 0 Å². The molecular weight excluding hydrogens is 180 g/mol. The highest BCUT2D eigenvalue weighted by molar-refractivity contribution is 5.36. The Morgan fingerprint density at radius 3 is 1.87 bits per heavy atom. The third-order valence-electron chi connectivity index (χ3n) is 2.14. The van der Waals surface area contributed by atoms with Crippen LogP contribution in [0.4, 0.5) is 0 Å². The third kappa shape index (κ3) is 7.18. The Morgan fingerprint density at radius 1 is 0.867 bits per heavy atom. The molecule has 0 radical (unpaired) electrons. The molecule has 0 heterocycles. The summed E-state index contributed by atoms with van der Waals surface area (Å²) in [4.78, 5) is 0. The summed E-state index contributed by atoms with van der Waals surface area (Å²) in [5, 5.41) is 0. The van der Waals surface area contributed by atoms with Gasteiger partial charge in [0.1, 0.15) is 0 Å². The molecule has 0 aromatic carbocycles. The van der Waals surface area contributed by atoms with Crippen molar-refractivity contribution in [3.63, 3.8) is 0 Å². The molecule has 0 atom stereocenters. The molecule has 88 valence electrons. The summed E-state index contributed by atoms with van der Waals surface area (Å²) in [6, 6.07) is 0. The van der Waals surface area contributed by atoms with Gasteiger partial charge in [0.15, 0.2) is 0 Å². The lowest BCUT2D eigenvalue weighted by atomic mass is 10.1. The van der Waals surface area contributed by atoms with Crippen molar-refractivity contribution in [2.75, 3.05) is 0 Å². The molecule has 0 N–H and O–H groups in total. The minimum absolute atomic E-state index is 1.27. The average molecular weight is 208 g/mol. The molecule has 0 bridgehead atoms. The molecule has 0 aromatic rings. The Kier molecular flexibility index (Phi) is 14.7. The van der Waals surface area contributed by atoms with Gasteiger partial charge in [0, 0.05) is 0 Å². The summed E-state index contributed by atoms with van der Waals surface area (Å²) in [5.74, 6) is 0. The Morgan fingerprint density at radius 2 is 1.40 bits per heavy atom. The van der Waals surface area contributed by atoms with E-state index in [0.29, 0.717) is 0 Å². The molecule has 0 aromatic heterocycles. The average Bonchev–Trinajstić information content (AvgIpc) is 2.79. The van der Waals surface area contributed by atoms with Gasteiger partial charge in [0.25, 0.3) is 0 Å². The van der Waals surface area contributed by atoms with E-state index in [1.165, 1.54) is 24.8 Å². The molecule has 1 fully saturated rings. The van der Waals surface area contributed by atoms with Crippen molar-refractivity contribution < 1.29 is 0 Å². The molecule has 0 unspecified atom stereocenters. The van der Waals surface area contributed by atoms with E-state index in [1.54, 1.807) is 5.57 Å². The van der Waals surface area contributed by atoms with Crippen molar-refractivity contribution in [2.24, 2.45) is 0 Å². The molecule has 1 rings (SSSR count). The van der Waals surface area contributed by atoms with Crippen LogP contribution in [0.25, 0.3) is 0 Å². The first-order valence-electron chi connectivity index (χ1n) is 6.36. The van der Waals surface area contributed by atoms with Crippen LogP contribution in [0.3, 0.4) is 0 Å². The number of hydrogen-bond acceptors (Lipinski definition) is 0. The minimum atomic E-state index is 1.27. The lowest BCUT2D eigenvalue weighted by Crippen LogP contribution is -1.75. The highest BCUT2D eigenvalue weighted by Gasteiger charge is 2.10. The number of hydrogen-bond donors (Lipinski definition) is 0. The molecule has 1 aliphatic rings. The van der Waals surface area contributed by atoms with Crippen molar-refractivity contribution in [3.05, 3.63) is 35.5 Å². The zero-order valence-electron chi connectivity index (χ0n) is 11.4. The van der Waals surface area contributed by atoms with Gasteiger partial charge in [-0.1, -0.05) is 52.0 Å². The predicted molar refractivity (Wildman–Crippen MR) is 73.2 cm³/mol. The Balaban J connectivity index is 0. The second-order valence-corrected chi connectivity index (χ2v) is 2.89. The zero-order chi connectivity index (χ0) is 12.1. The summed E-state index contributed by atoms with van der Waals surface area (Å²) in [5.41, 5.74) is 3.08. The second-order valence-electron chi connectivity index (χ2n) is 2.89. The maximum Gasteiger partial charge on any atom is -0.0273 e. The molecule has 0 aliphatic heterocycles. The van der Waals surface area contributed by atoms with Gasteiger partial charge in [0.2, 0.25) is 0 Å². The van der Waals surface area contributed by atoms with E-state index in [4.69, 9.17) is 0 Å². The summed E-state index contributed by atoms with van der Waals surface area (Å²) in [6.07, 6.45) is 12.6. The smallest absolute Gasteiger partial charge is 0.0273 e. The van der Waals surface area contributed by atoms with E-state index in [2.05, 4.69) is 38.2 Å². The van der Waals surface area contributed by atoms with E-state index < -0.39 is 0 Å². The van der Waals surface area contributed by atoms with Crippen LogP contribution in [-0.2, 0) is 0 Å². The first kappa shape index (κ1) is 16.6. The fourth-order valence-electron chi connectivity index (χ4n) is 1.52. The van der Waals surface area contributed by atoms with Gasteiger partial charge in [-0.25, -0.2) is 0 Å². The SMILES string of the molecule is CC.CC.C\C=C/C=C1/CCC/C1=C/C. The summed E-state index contributed by atoms with van der Waals surface area (Å²) in [6.45, 7) is 12.2. The topological polar surface area (TPSA) is 0 Å². The standard InChI is InChI=1S/C11H16.2C2H6/c1-3-5-7-11-9-6-8-10(11)4-2;2*1-2/h3-5,7H,6,8-9H2,1-2H3;2*1-2H3/b5-3-,10-4-,11-7-;;. The summed E-state index contributed by atoms with van der Waals surface area (Å²) >= 11 is 0. The normalized spacial score (nSPS) is 19.9. The predicted octanol–water partition coefficient (Wildman–Crippen LogP) is 5.67. The van der Waals surface area contributed by atoms with E-state index >= 15 is 0 Å². The van der Waals surface area contributed by atoms with E-state index in [-0.39, 0.29) is 0 Å². The van der Waals surface area contributed by atoms with Crippen LogP contribution in [0.1, 0.15) is 60.8 Å². The Labute approximate surface area is 96.8 Å². The molecule has 0 saturated heterocycles. The molecule has 0 spiro atoms. The van der Waals surface area contributed by atoms with E-state index in [1.807, 2.05) is 27.7 Å². The van der Waals surface area contributed by atoms with Gasteiger partial charge in [0.05, 0.1) is 0 Å². The fourth-order valence-corrected chi connectivity index (χ4v) is 1.52. The van der Waals surface area contributed by atoms with Gasteiger partial charge < -0.3 is 0 Å². The quantitative estimate of drug-likeness (QED) is 0.520. The number of allylic oxidation sites excluding steroid dienone is 6. The largest absolute Gasteiger partial charge is 0.0877 e. The first-order chi connectivity index (χ1) is 7.38. The van der Waals surface area contributed by atoms with Gasteiger partial charge in [-0.05, 0) is 44.3 Å². The molecule has 15 heavy (non-hydrogen) atoms. The Hall–Kier alpha value is -0.780. The van der Waals surface area contributed by atoms with Gasteiger partial charge >= 0.3 is 0 Å². The first-order valence-corrected chi connectivity index (χ1v) is 6.36. The van der Waals surface area contributed by atoms with Crippen LogP contribution in [0.5, 0.6) is 0 Å². The second kappa shape index (κ2) is 13.2. The molecule has 1 aliphatic carbocycles. The molecule has 0 heteroatoms. The monoisotopic (exact) mass is 208 g/mol. The number of rotatable bonds is 1. The van der Waals surface area contributed by atoms with Crippen molar-refractivity contribution in [3.8, 4) is 0 Å². The van der Waals surface area contributed by atoms with Crippen LogP contribution in [0.15, 0.2) is 35.5 Å². The van der Waals surface area contributed by atoms with Crippen LogP contribution < -0.4 is 0 Å². The van der Waals surface area contributed by atoms with E-state index in [9.17, 15) is 0 Å². The van der Waals surface area contributed by atoms with Gasteiger partial charge in [-0.3, -0.25) is 0 Å². The van der Waals surface area contributed by atoms with Crippen molar-refractivity contribution in [1.29, 1.82) is 0 Å². The van der Waals surface area contributed by atoms with E-state index in [0.717, 1.165) is 0 Å². The third-order valence-corrected chi connectivity index (χ3v) is 2.14. The van der Waals surface area contributed by atoms with Gasteiger partial charge in [-0.15, -0.1) is 0 Å².